The first-order valence-electron chi connectivity index (χ1n) is 6.40. The molecule has 0 bridgehead atoms. The molecule has 0 aliphatic heterocycles. The van der Waals surface area contributed by atoms with Crippen molar-refractivity contribution >= 4 is 5.97 Å². The molecule has 0 saturated carbocycles. The van der Waals surface area contributed by atoms with E-state index in [0.717, 1.165) is 19.4 Å². The molecule has 0 amide bonds. The minimum Gasteiger partial charge on any atom is -0.462 e. The number of hydrogen-bond donors (Lipinski definition) is 1. The fourth-order valence-electron chi connectivity index (χ4n) is 1.33. The van der Waals surface area contributed by atoms with E-state index in [4.69, 9.17) is 4.74 Å². The molecule has 0 heterocycles. The van der Waals surface area contributed by atoms with Crippen LogP contribution in [0.25, 0.3) is 0 Å². The summed E-state index contributed by atoms with van der Waals surface area (Å²) in [4.78, 5) is 11.1. The van der Waals surface area contributed by atoms with Gasteiger partial charge in [0.1, 0.15) is 0 Å². The van der Waals surface area contributed by atoms with Crippen molar-refractivity contribution in [2.75, 3.05) is 13.2 Å². The van der Waals surface area contributed by atoms with Crippen LogP contribution in [0.4, 0.5) is 0 Å². The van der Waals surface area contributed by atoms with Crippen LogP contribution < -0.4 is 5.32 Å². The van der Waals surface area contributed by atoms with E-state index in [1.165, 1.54) is 12.8 Å². The van der Waals surface area contributed by atoms with Gasteiger partial charge in [-0.1, -0.05) is 19.4 Å². The largest absolute Gasteiger partial charge is 0.462 e. The van der Waals surface area contributed by atoms with Crippen LogP contribution in [0.1, 0.15) is 53.4 Å². The standard InChI is InChI=1S/C14H27NO2/c1-12(2)13(16)17-11-9-7-6-8-10-15-14(3,4)5/h15H,1,6-11H2,2-5H3. The van der Waals surface area contributed by atoms with Crippen LogP contribution in [-0.2, 0) is 9.53 Å². The number of carbonyl (C=O) groups excluding carboxylic acids is 1. The van der Waals surface area contributed by atoms with Crippen LogP contribution in [0, 0.1) is 0 Å². The highest BCUT2D eigenvalue weighted by atomic mass is 16.5. The Kier molecular flexibility index (Phi) is 7.88. The van der Waals surface area contributed by atoms with E-state index in [-0.39, 0.29) is 11.5 Å². The van der Waals surface area contributed by atoms with Crippen LogP contribution in [0.5, 0.6) is 0 Å². The zero-order valence-electron chi connectivity index (χ0n) is 11.8. The van der Waals surface area contributed by atoms with Crippen LogP contribution >= 0.6 is 0 Å². The SMILES string of the molecule is C=C(C)C(=O)OCCCCCCNC(C)(C)C. The molecule has 0 aromatic heterocycles. The minimum atomic E-state index is -0.278. The van der Waals surface area contributed by atoms with Crippen LogP contribution in [0.2, 0.25) is 0 Å². The van der Waals surface area contributed by atoms with Gasteiger partial charge in [0, 0.05) is 11.1 Å². The Balaban J connectivity index is 3.25. The summed E-state index contributed by atoms with van der Waals surface area (Å²) >= 11 is 0. The predicted octanol–water partition coefficient (Wildman–Crippen LogP) is 3.05. The Bertz CT molecular complexity index is 241. The van der Waals surface area contributed by atoms with Gasteiger partial charge in [0.2, 0.25) is 0 Å². The Morgan fingerprint density at radius 2 is 1.76 bits per heavy atom. The Morgan fingerprint density at radius 3 is 2.29 bits per heavy atom. The average molecular weight is 241 g/mol. The van der Waals surface area contributed by atoms with E-state index in [2.05, 4.69) is 32.7 Å². The lowest BCUT2D eigenvalue weighted by atomic mass is 10.1. The highest BCUT2D eigenvalue weighted by Crippen LogP contribution is 2.03. The molecule has 3 heteroatoms. The first-order chi connectivity index (χ1) is 7.83. The predicted molar refractivity (Wildman–Crippen MR) is 72.0 cm³/mol. The summed E-state index contributed by atoms with van der Waals surface area (Å²) in [6.07, 6.45) is 4.39. The first kappa shape index (κ1) is 16.2. The van der Waals surface area contributed by atoms with Crippen LogP contribution in [-0.4, -0.2) is 24.7 Å². The molecule has 0 unspecified atom stereocenters. The summed E-state index contributed by atoms with van der Waals surface area (Å²) in [5.41, 5.74) is 0.677. The van der Waals surface area contributed by atoms with E-state index in [1.807, 2.05) is 0 Å². The molecule has 0 aliphatic carbocycles. The molecule has 1 N–H and O–H groups in total. The topological polar surface area (TPSA) is 38.3 Å². The van der Waals surface area contributed by atoms with Gasteiger partial charge in [-0.05, 0) is 47.1 Å². The lowest BCUT2D eigenvalue weighted by molar-refractivity contribution is -0.139. The summed E-state index contributed by atoms with van der Waals surface area (Å²) in [6.45, 7) is 13.3. The quantitative estimate of drug-likeness (QED) is 0.403. The fourth-order valence-corrected chi connectivity index (χ4v) is 1.33. The van der Waals surface area contributed by atoms with E-state index < -0.39 is 0 Å². The molecule has 0 fully saturated rings. The molecule has 17 heavy (non-hydrogen) atoms. The van der Waals surface area contributed by atoms with Crippen molar-refractivity contribution in [3.8, 4) is 0 Å². The van der Waals surface area contributed by atoms with Gasteiger partial charge < -0.3 is 10.1 Å². The van der Waals surface area contributed by atoms with Gasteiger partial charge in [0.05, 0.1) is 6.61 Å². The lowest BCUT2D eigenvalue weighted by Gasteiger charge is -2.20. The summed E-state index contributed by atoms with van der Waals surface area (Å²) in [7, 11) is 0. The highest BCUT2D eigenvalue weighted by molar-refractivity contribution is 5.86. The summed E-state index contributed by atoms with van der Waals surface area (Å²) < 4.78 is 5.01. The van der Waals surface area contributed by atoms with E-state index in [9.17, 15) is 4.79 Å². The number of unbranched alkanes of at least 4 members (excludes halogenated alkanes) is 3. The van der Waals surface area contributed by atoms with Gasteiger partial charge in [-0.3, -0.25) is 0 Å². The van der Waals surface area contributed by atoms with Gasteiger partial charge in [-0.25, -0.2) is 4.79 Å². The Labute approximate surface area is 106 Å². The zero-order valence-corrected chi connectivity index (χ0v) is 11.8. The van der Waals surface area contributed by atoms with Crippen LogP contribution in [0.3, 0.4) is 0 Å². The first-order valence-corrected chi connectivity index (χ1v) is 6.40. The minimum absolute atomic E-state index is 0.205. The third-order valence-electron chi connectivity index (χ3n) is 2.31. The number of esters is 1. The number of rotatable bonds is 8. The van der Waals surface area contributed by atoms with E-state index in [1.54, 1.807) is 6.92 Å². The highest BCUT2D eigenvalue weighted by Gasteiger charge is 2.07. The van der Waals surface area contributed by atoms with Crippen molar-refractivity contribution in [2.24, 2.45) is 0 Å². The molecule has 0 aliphatic rings. The third-order valence-corrected chi connectivity index (χ3v) is 2.31. The Morgan fingerprint density at radius 1 is 1.18 bits per heavy atom. The van der Waals surface area contributed by atoms with E-state index >= 15 is 0 Å². The third kappa shape index (κ3) is 11.4. The molecule has 0 spiro atoms. The zero-order chi connectivity index (χ0) is 13.3. The summed E-state index contributed by atoms with van der Waals surface area (Å²) in [5, 5.41) is 3.45. The number of hydrogen-bond acceptors (Lipinski definition) is 3. The van der Waals surface area contributed by atoms with Crippen molar-refractivity contribution in [1.82, 2.24) is 5.32 Å². The monoisotopic (exact) mass is 241 g/mol. The van der Waals surface area contributed by atoms with Gasteiger partial charge in [0.25, 0.3) is 0 Å². The van der Waals surface area contributed by atoms with E-state index in [0.29, 0.717) is 12.2 Å². The molecule has 0 saturated heterocycles. The normalized spacial score (nSPS) is 11.3. The van der Waals surface area contributed by atoms with Gasteiger partial charge >= 0.3 is 5.97 Å². The van der Waals surface area contributed by atoms with Crippen molar-refractivity contribution in [1.29, 1.82) is 0 Å². The van der Waals surface area contributed by atoms with Gasteiger partial charge in [-0.15, -0.1) is 0 Å². The molecule has 0 aromatic carbocycles. The molecule has 0 radical (unpaired) electrons. The molecular formula is C14H27NO2. The van der Waals surface area contributed by atoms with Crippen molar-refractivity contribution in [3.63, 3.8) is 0 Å². The number of carbonyl (C=O) groups is 1. The Hall–Kier alpha value is -0.830. The van der Waals surface area contributed by atoms with Crippen molar-refractivity contribution in [3.05, 3.63) is 12.2 Å². The van der Waals surface area contributed by atoms with Crippen molar-refractivity contribution in [2.45, 2.75) is 58.9 Å². The smallest absolute Gasteiger partial charge is 0.333 e. The molecule has 3 nitrogen and oxygen atoms in total. The molecule has 0 atom stereocenters. The molecule has 100 valence electrons. The van der Waals surface area contributed by atoms with Crippen LogP contribution in [0.15, 0.2) is 12.2 Å². The second kappa shape index (κ2) is 8.29. The maximum absolute atomic E-state index is 11.1. The van der Waals surface area contributed by atoms with Crippen molar-refractivity contribution < 1.29 is 9.53 Å². The fraction of sp³-hybridized carbons (Fsp3) is 0.786. The maximum atomic E-state index is 11.1. The second-order valence-electron chi connectivity index (χ2n) is 5.51. The van der Waals surface area contributed by atoms with Gasteiger partial charge in [-0.2, -0.15) is 0 Å². The number of ether oxygens (including phenoxy) is 1. The molecule has 0 rings (SSSR count). The second-order valence-corrected chi connectivity index (χ2v) is 5.51. The summed E-state index contributed by atoms with van der Waals surface area (Å²) in [5.74, 6) is -0.278. The molecule has 0 aromatic rings. The number of nitrogens with one attached hydrogen (secondary N) is 1. The lowest BCUT2D eigenvalue weighted by Crippen LogP contribution is -2.36. The maximum Gasteiger partial charge on any atom is 0.333 e. The average Bonchev–Trinajstić information content (AvgIpc) is 2.19. The molecular weight excluding hydrogens is 214 g/mol. The summed E-state index contributed by atoms with van der Waals surface area (Å²) in [6, 6.07) is 0. The van der Waals surface area contributed by atoms with Gasteiger partial charge in [0.15, 0.2) is 0 Å².